The summed E-state index contributed by atoms with van der Waals surface area (Å²) in [5, 5.41) is 11.6. The molecule has 110 valence electrons. The second-order valence-corrected chi connectivity index (χ2v) is 6.44. The molecule has 21 heavy (non-hydrogen) atoms. The molecule has 0 radical (unpaired) electrons. The molecule has 0 amide bonds. The summed E-state index contributed by atoms with van der Waals surface area (Å²) in [7, 11) is 0. The van der Waals surface area contributed by atoms with Crippen molar-refractivity contribution in [2.75, 3.05) is 0 Å². The van der Waals surface area contributed by atoms with E-state index in [2.05, 4.69) is 21.9 Å². The number of hydrogen-bond acceptors (Lipinski definition) is 3. The van der Waals surface area contributed by atoms with Crippen molar-refractivity contribution < 1.29 is 5.11 Å². The van der Waals surface area contributed by atoms with Crippen LogP contribution in [0.15, 0.2) is 12.4 Å². The summed E-state index contributed by atoms with van der Waals surface area (Å²) in [6, 6.07) is 2.00. The standard InChI is InChI=1S/C15H17ClN4O/c1-7-3-4-10(21)13(7)20-6-17-12-11-9(5-8(2)18-11)14(16)19-15(12)20/h5-7,10,13,18,21H,3-4H2,1-2H3/t7-,10+,13?/m0/s1. The smallest absolute Gasteiger partial charge is 0.164 e. The Morgan fingerprint density at radius 1 is 1.43 bits per heavy atom. The Labute approximate surface area is 127 Å². The summed E-state index contributed by atoms with van der Waals surface area (Å²) in [5.74, 6) is 0.402. The van der Waals surface area contributed by atoms with Gasteiger partial charge in [-0.3, -0.25) is 0 Å². The largest absolute Gasteiger partial charge is 0.391 e. The van der Waals surface area contributed by atoms with E-state index in [1.54, 1.807) is 6.33 Å². The molecule has 3 aromatic rings. The Morgan fingerprint density at radius 2 is 2.24 bits per heavy atom. The van der Waals surface area contributed by atoms with Crippen LogP contribution >= 0.6 is 11.6 Å². The third-order valence-corrected chi connectivity index (χ3v) is 4.89. The first-order valence-corrected chi connectivity index (χ1v) is 7.63. The number of aliphatic hydroxyl groups excluding tert-OH is 1. The van der Waals surface area contributed by atoms with Gasteiger partial charge in [-0.15, -0.1) is 0 Å². The van der Waals surface area contributed by atoms with E-state index in [9.17, 15) is 5.11 Å². The molecule has 1 fully saturated rings. The van der Waals surface area contributed by atoms with Gasteiger partial charge >= 0.3 is 0 Å². The lowest BCUT2D eigenvalue weighted by atomic mass is 10.1. The SMILES string of the molecule is Cc1cc2c(Cl)nc3c(ncn3C3[C@H](O)CC[C@@H]3C)c2[nH]1. The third-order valence-electron chi connectivity index (χ3n) is 4.60. The first kappa shape index (κ1) is 13.1. The van der Waals surface area contributed by atoms with E-state index >= 15 is 0 Å². The molecule has 0 bridgehead atoms. The van der Waals surface area contributed by atoms with Crippen LogP contribution < -0.4 is 0 Å². The highest BCUT2D eigenvalue weighted by molar-refractivity contribution is 6.35. The topological polar surface area (TPSA) is 66.7 Å². The average molecular weight is 305 g/mol. The van der Waals surface area contributed by atoms with E-state index in [0.717, 1.165) is 40.6 Å². The van der Waals surface area contributed by atoms with Crippen molar-refractivity contribution in [3.63, 3.8) is 0 Å². The number of aliphatic hydroxyl groups is 1. The molecule has 2 N–H and O–H groups in total. The molecule has 5 nitrogen and oxygen atoms in total. The van der Waals surface area contributed by atoms with Crippen molar-refractivity contribution in [1.29, 1.82) is 0 Å². The van der Waals surface area contributed by atoms with Crippen molar-refractivity contribution >= 4 is 33.7 Å². The number of imidazole rings is 1. The molecular formula is C15H17ClN4O. The van der Waals surface area contributed by atoms with Crippen LogP contribution in [0.25, 0.3) is 22.1 Å². The normalized spacial score (nSPS) is 26.2. The molecule has 3 atom stereocenters. The predicted octanol–water partition coefficient (Wildman–Crippen LogP) is 3.21. The minimum Gasteiger partial charge on any atom is -0.391 e. The number of pyridine rings is 1. The molecule has 1 aliphatic rings. The lowest BCUT2D eigenvalue weighted by molar-refractivity contribution is 0.126. The summed E-state index contributed by atoms with van der Waals surface area (Å²) in [6.07, 6.45) is 3.27. The maximum Gasteiger partial charge on any atom is 0.164 e. The quantitative estimate of drug-likeness (QED) is 0.678. The van der Waals surface area contributed by atoms with Gasteiger partial charge in [-0.1, -0.05) is 18.5 Å². The molecule has 1 saturated carbocycles. The summed E-state index contributed by atoms with van der Waals surface area (Å²) >= 11 is 6.32. The Hall–Kier alpha value is -1.59. The maximum atomic E-state index is 10.3. The van der Waals surface area contributed by atoms with Crippen molar-refractivity contribution in [3.05, 3.63) is 23.2 Å². The minimum atomic E-state index is -0.348. The molecular weight excluding hydrogens is 288 g/mol. The number of fused-ring (bicyclic) bond motifs is 3. The number of nitrogens with zero attached hydrogens (tertiary/aromatic N) is 3. The van der Waals surface area contributed by atoms with Gasteiger partial charge in [-0.05, 0) is 31.7 Å². The van der Waals surface area contributed by atoms with Crippen LogP contribution in [-0.2, 0) is 0 Å². The Kier molecular flexibility index (Phi) is 2.78. The van der Waals surface area contributed by atoms with Gasteiger partial charge in [0.05, 0.1) is 24.0 Å². The number of H-pyrrole nitrogens is 1. The number of aromatic nitrogens is 4. The van der Waals surface area contributed by atoms with Gasteiger partial charge in [-0.2, -0.15) is 0 Å². The number of aryl methyl sites for hydroxylation is 1. The summed E-state index contributed by atoms with van der Waals surface area (Å²) in [5.41, 5.74) is 3.51. The molecule has 0 spiro atoms. The molecule has 3 heterocycles. The number of nitrogens with one attached hydrogen (secondary N) is 1. The summed E-state index contributed by atoms with van der Waals surface area (Å²) in [4.78, 5) is 12.3. The van der Waals surface area contributed by atoms with E-state index in [0.29, 0.717) is 11.1 Å². The fraction of sp³-hybridized carbons (Fsp3) is 0.467. The van der Waals surface area contributed by atoms with Crippen LogP contribution in [0.3, 0.4) is 0 Å². The first-order valence-electron chi connectivity index (χ1n) is 7.25. The Morgan fingerprint density at radius 3 is 2.95 bits per heavy atom. The molecule has 0 saturated heterocycles. The van der Waals surface area contributed by atoms with Gasteiger partial charge in [0, 0.05) is 11.1 Å². The second-order valence-electron chi connectivity index (χ2n) is 6.08. The highest BCUT2D eigenvalue weighted by atomic mass is 35.5. The van der Waals surface area contributed by atoms with Gasteiger partial charge in [-0.25, -0.2) is 9.97 Å². The van der Waals surface area contributed by atoms with Crippen molar-refractivity contribution in [1.82, 2.24) is 19.5 Å². The van der Waals surface area contributed by atoms with E-state index in [4.69, 9.17) is 11.6 Å². The summed E-state index contributed by atoms with van der Waals surface area (Å²) < 4.78 is 1.99. The zero-order chi connectivity index (χ0) is 14.7. The predicted molar refractivity (Wildman–Crippen MR) is 82.6 cm³/mol. The molecule has 6 heteroatoms. The zero-order valence-corrected chi connectivity index (χ0v) is 12.7. The Bertz CT molecular complexity index is 827. The van der Waals surface area contributed by atoms with Crippen molar-refractivity contribution in [2.45, 2.75) is 38.8 Å². The highest BCUT2D eigenvalue weighted by Gasteiger charge is 2.34. The van der Waals surface area contributed by atoms with Crippen LogP contribution in [0, 0.1) is 12.8 Å². The average Bonchev–Trinajstić information content (AvgIpc) is 3.08. The van der Waals surface area contributed by atoms with Crippen LogP contribution in [0.4, 0.5) is 0 Å². The maximum absolute atomic E-state index is 10.3. The minimum absolute atomic E-state index is 0.0204. The van der Waals surface area contributed by atoms with E-state index in [-0.39, 0.29) is 12.1 Å². The first-order chi connectivity index (χ1) is 10.1. The van der Waals surface area contributed by atoms with Gasteiger partial charge in [0.25, 0.3) is 0 Å². The molecule has 1 aliphatic carbocycles. The van der Waals surface area contributed by atoms with E-state index in [1.165, 1.54) is 0 Å². The monoisotopic (exact) mass is 304 g/mol. The number of hydrogen-bond donors (Lipinski definition) is 2. The highest BCUT2D eigenvalue weighted by Crippen LogP contribution is 2.38. The van der Waals surface area contributed by atoms with Crippen LogP contribution in [-0.4, -0.2) is 30.7 Å². The van der Waals surface area contributed by atoms with Gasteiger partial charge in [0.1, 0.15) is 10.7 Å². The van der Waals surface area contributed by atoms with E-state index in [1.807, 2.05) is 17.6 Å². The lowest BCUT2D eigenvalue weighted by Crippen LogP contribution is -2.22. The van der Waals surface area contributed by atoms with E-state index < -0.39 is 0 Å². The third kappa shape index (κ3) is 1.80. The fourth-order valence-corrected chi connectivity index (χ4v) is 3.79. The zero-order valence-electron chi connectivity index (χ0n) is 12.0. The van der Waals surface area contributed by atoms with Crippen molar-refractivity contribution in [3.8, 4) is 0 Å². The molecule has 0 aliphatic heterocycles. The number of rotatable bonds is 1. The Balaban J connectivity index is 2.00. The van der Waals surface area contributed by atoms with Gasteiger partial charge in [0.2, 0.25) is 0 Å². The van der Waals surface area contributed by atoms with Crippen LogP contribution in [0.5, 0.6) is 0 Å². The van der Waals surface area contributed by atoms with Crippen molar-refractivity contribution in [2.24, 2.45) is 5.92 Å². The molecule has 1 unspecified atom stereocenters. The van der Waals surface area contributed by atoms with Crippen LogP contribution in [0.1, 0.15) is 31.5 Å². The van der Waals surface area contributed by atoms with Gasteiger partial charge in [0.15, 0.2) is 5.65 Å². The van der Waals surface area contributed by atoms with Crippen LogP contribution in [0.2, 0.25) is 5.15 Å². The number of aromatic amines is 1. The van der Waals surface area contributed by atoms with Gasteiger partial charge < -0.3 is 14.7 Å². The summed E-state index contributed by atoms with van der Waals surface area (Å²) in [6.45, 7) is 4.15. The fourth-order valence-electron chi connectivity index (χ4n) is 3.57. The lowest BCUT2D eigenvalue weighted by Gasteiger charge is -2.21. The second kappa shape index (κ2) is 4.45. The molecule has 0 aromatic carbocycles. The molecule has 3 aromatic heterocycles. The molecule has 4 rings (SSSR count). The number of halogens is 1.